The molecule has 1 heterocycles. The molecule has 112 valence electrons. The molecule has 4 nitrogen and oxygen atoms in total. The molecule has 0 unspecified atom stereocenters. The number of anilines is 1. The van der Waals surface area contributed by atoms with E-state index in [4.69, 9.17) is 0 Å². The summed E-state index contributed by atoms with van der Waals surface area (Å²) in [6, 6.07) is 8.26. The molecule has 1 aromatic carbocycles. The lowest BCUT2D eigenvalue weighted by Crippen LogP contribution is -2.08. The van der Waals surface area contributed by atoms with Gasteiger partial charge in [-0.2, -0.15) is 0 Å². The first-order valence-corrected chi connectivity index (χ1v) is 7.81. The molecule has 0 radical (unpaired) electrons. The van der Waals surface area contributed by atoms with Crippen molar-refractivity contribution >= 4 is 23.0 Å². The zero-order chi connectivity index (χ0) is 15.4. The van der Waals surface area contributed by atoms with E-state index in [1.54, 1.807) is 0 Å². The van der Waals surface area contributed by atoms with Crippen LogP contribution in [0.25, 0.3) is 0 Å². The van der Waals surface area contributed by atoms with Gasteiger partial charge in [0.1, 0.15) is 4.88 Å². The fourth-order valence-electron chi connectivity index (χ4n) is 2.14. The minimum absolute atomic E-state index is 0.386. The van der Waals surface area contributed by atoms with E-state index < -0.39 is 5.97 Å². The van der Waals surface area contributed by atoms with Gasteiger partial charge in [-0.1, -0.05) is 25.5 Å². The predicted octanol–water partition coefficient (Wildman–Crippen LogP) is 3.45. The smallest absolute Gasteiger partial charge is 0.347 e. The topological polar surface area (TPSA) is 53.4 Å². The van der Waals surface area contributed by atoms with E-state index in [1.807, 2.05) is 21.0 Å². The average molecular weight is 304 g/mol. The van der Waals surface area contributed by atoms with Crippen LogP contribution in [-0.4, -0.2) is 30.2 Å². The van der Waals surface area contributed by atoms with Crippen molar-refractivity contribution in [2.75, 3.05) is 19.0 Å². The highest BCUT2D eigenvalue weighted by atomic mass is 32.1. The molecule has 2 rings (SSSR count). The van der Waals surface area contributed by atoms with E-state index in [-0.39, 0.29) is 0 Å². The summed E-state index contributed by atoms with van der Waals surface area (Å²) in [5.41, 5.74) is 3.01. The number of aromatic nitrogens is 1. The number of aryl methyl sites for hydroxylation is 1. The molecule has 0 aliphatic heterocycles. The maximum Gasteiger partial charge on any atom is 0.347 e. The molecule has 0 amide bonds. The average Bonchev–Trinajstić information content (AvgIpc) is 2.83. The summed E-state index contributed by atoms with van der Waals surface area (Å²) in [5, 5.41) is 10.1. The highest BCUT2D eigenvalue weighted by Gasteiger charge is 2.16. The summed E-state index contributed by atoms with van der Waals surface area (Å²) < 4.78 is 0. The van der Waals surface area contributed by atoms with Crippen LogP contribution in [0.2, 0.25) is 0 Å². The Morgan fingerprint density at radius 2 is 1.95 bits per heavy atom. The number of hydrogen-bond donors (Lipinski definition) is 1. The fraction of sp³-hybridized carbons (Fsp3) is 0.375. The minimum atomic E-state index is -0.870. The van der Waals surface area contributed by atoms with Gasteiger partial charge in [0, 0.05) is 26.2 Å². The van der Waals surface area contributed by atoms with E-state index in [0.717, 1.165) is 34.8 Å². The second kappa shape index (κ2) is 6.72. The Kier molecular flexibility index (Phi) is 4.96. The number of rotatable bonds is 6. The minimum Gasteiger partial charge on any atom is -0.477 e. The normalized spacial score (nSPS) is 10.6. The van der Waals surface area contributed by atoms with Crippen molar-refractivity contribution in [3.05, 3.63) is 45.4 Å². The molecular weight excluding hydrogens is 284 g/mol. The molecule has 2 aromatic rings. The van der Waals surface area contributed by atoms with Crippen molar-refractivity contribution in [2.45, 2.75) is 26.2 Å². The third kappa shape index (κ3) is 3.82. The molecule has 0 bridgehead atoms. The van der Waals surface area contributed by atoms with Gasteiger partial charge in [0.25, 0.3) is 0 Å². The third-order valence-electron chi connectivity index (χ3n) is 3.23. The maximum atomic E-state index is 11.2. The Labute approximate surface area is 129 Å². The first kappa shape index (κ1) is 15.5. The molecule has 0 saturated carbocycles. The van der Waals surface area contributed by atoms with E-state index in [1.165, 1.54) is 11.3 Å². The van der Waals surface area contributed by atoms with Gasteiger partial charge in [0.15, 0.2) is 0 Å². The molecule has 0 aliphatic carbocycles. The molecular formula is C16H20N2O2S. The van der Waals surface area contributed by atoms with E-state index in [2.05, 4.69) is 34.1 Å². The number of benzene rings is 1. The fourth-order valence-corrected chi connectivity index (χ4v) is 3.12. The number of carbonyl (C=O) groups is 1. The lowest BCUT2D eigenvalue weighted by atomic mass is 10.1. The standard InChI is InChI=1S/C16H20N2O2S/c1-4-5-13-15(16(19)20)21-14(17-13)10-11-6-8-12(9-7-11)18(2)3/h6-9H,4-5,10H2,1-3H3,(H,19,20). The lowest BCUT2D eigenvalue weighted by Gasteiger charge is -2.12. The SMILES string of the molecule is CCCc1nc(Cc2ccc(N(C)C)cc2)sc1C(=O)O. The van der Waals surface area contributed by atoms with Crippen LogP contribution in [0.4, 0.5) is 5.69 Å². The summed E-state index contributed by atoms with van der Waals surface area (Å²) in [5.74, 6) is -0.870. The van der Waals surface area contributed by atoms with Crippen molar-refractivity contribution in [3.8, 4) is 0 Å². The van der Waals surface area contributed by atoms with Gasteiger partial charge in [-0.3, -0.25) is 0 Å². The van der Waals surface area contributed by atoms with Gasteiger partial charge < -0.3 is 10.0 Å². The number of aromatic carboxylic acids is 1. The van der Waals surface area contributed by atoms with Crippen molar-refractivity contribution < 1.29 is 9.90 Å². The molecule has 0 saturated heterocycles. The lowest BCUT2D eigenvalue weighted by molar-refractivity contribution is 0.0700. The largest absolute Gasteiger partial charge is 0.477 e. The van der Waals surface area contributed by atoms with Crippen molar-refractivity contribution in [3.63, 3.8) is 0 Å². The van der Waals surface area contributed by atoms with Gasteiger partial charge >= 0.3 is 5.97 Å². The molecule has 21 heavy (non-hydrogen) atoms. The molecule has 1 N–H and O–H groups in total. The van der Waals surface area contributed by atoms with Crippen molar-refractivity contribution in [1.29, 1.82) is 0 Å². The van der Waals surface area contributed by atoms with Crippen LogP contribution in [-0.2, 0) is 12.8 Å². The van der Waals surface area contributed by atoms with Gasteiger partial charge in [-0.25, -0.2) is 9.78 Å². The van der Waals surface area contributed by atoms with Crippen molar-refractivity contribution in [1.82, 2.24) is 4.98 Å². The third-order valence-corrected chi connectivity index (χ3v) is 4.32. The summed E-state index contributed by atoms with van der Waals surface area (Å²) in [6.45, 7) is 2.03. The zero-order valence-corrected chi connectivity index (χ0v) is 13.4. The molecule has 0 aliphatic rings. The van der Waals surface area contributed by atoms with Crippen LogP contribution in [0, 0.1) is 0 Å². The van der Waals surface area contributed by atoms with E-state index >= 15 is 0 Å². The Balaban J connectivity index is 2.19. The summed E-state index contributed by atoms with van der Waals surface area (Å²) in [6.07, 6.45) is 2.31. The van der Waals surface area contributed by atoms with Crippen LogP contribution < -0.4 is 4.90 Å². The monoisotopic (exact) mass is 304 g/mol. The zero-order valence-electron chi connectivity index (χ0n) is 12.6. The molecule has 0 spiro atoms. The predicted molar refractivity (Wildman–Crippen MR) is 86.6 cm³/mol. The molecule has 5 heteroatoms. The van der Waals surface area contributed by atoms with Gasteiger partial charge in [-0.05, 0) is 24.1 Å². The number of nitrogens with zero attached hydrogens (tertiary/aromatic N) is 2. The highest BCUT2D eigenvalue weighted by molar-refractivity contribution is 7.13. The Bertz CT molecular complexity index is 618. The van der Waals surface area contributed by atoms with Crippen molar-refractivity contribution in [2.24, 2.45) is 0 Å². The number of thiazole rings is 1. The second-order valence-corrected chi connectivity index (χ2v) is 6.26. The van der Waals surface area contributed by atoms with Crippen LogP contribution in [0.3, 0.4) is 0 Å². The van der Waals surface area contributed by atoms with Crippen LogP contribution in [0.1, 0.15) is 39.3 Å². The summed E-state index contributed by atoms with van der Waals surface area (Å²) >= 11 is 1.29. The highest BCUT2D eigenvalue weighted by Crippen LogP contribution is 2.23. The van der Waals surface area contributed by atoms with Gasteiger partial charge in [0.2, 0.25) is 0 Å². The van der Waals surface area contributed by atoms with E-state index in [9.17, 15) is 9.90 Å². The molecule has 0 atom stereocenters. The van der Waals surface area contributed by atoms with Crippen LogP contribution in [0.5, 0.6) is 0 Å². The number of carboxylic acid groups (broad SMARTS) is 1. The van der Waals surface area contributed by atoms with Gasteiger partial charge in [0.05, 0.1) is 10.7 Å². The maximum absolute atomic E-state index is 11.2. The molecule has 0 fully saturated rings. The van der Waals surface area contributed by atoms with Crippen LogP contribution >= 0.6 is 11.3 Å². The first-order valence-electron chi connectivity index (χ1n) is 6.99. The summed E-state index contributed by atoms with van der Waals surface area (Å²) in [7, 11) is 4.01. The Morgan fingerprint density at radius 1 is 1.29 bits per heavy atom. The van der Waals surface area contributed by atoms with Crippen LogP contribution in [0.15, 0.2) is 24.3 Å². The first-order chi connectivity index (χ1) is 10.0. The number of carboxylic acids is 1. The quantitative estimate of drug-likeness (QED) is 0.888. The molecule has 1 aromatic heterocycles. The Morgan fingerprint density at radius 3 is 2.48 bits per heavy atom. The Hall–Kier alpha value is -1.88. The van der Waals surface area contributed by atoms with E-state index in [0.29, 0.717) is 11.3 Å². The second-order valence-electron chi connectivity index (χ2n) is 5.18. The summed E-state index contributed by atoms with van der Waals surface area (Å²) in [4.78, 5) is 18.2. The number of hydrogen-bond acceptors (Lipinski definition) is 4. The van der Waals surface area contributed by atoms with Gasteiger partial charge in [-0.15, -0.1) is 11.3 Å².